The van der Waals surface area contributed by atoms with Gasteiger partial charge in [0.2, 0.25) is 15.8 Å². The predicted molar refractivity (Wildman–Crippen MR) is 72.6 cm³/mol. The van der Waals surface area contributed by atoms with Gasteiger partial charge in [-0.3, -0.25) is 10.1 Å². The molecule has 8 heteroatoms. The molecular formula is C12H17FN2O4S. The molecule has 0 fully saturated rings. The summed E-state index contributed by atoms with van der Waals surface area (Å²) in [7, 11) is -2.53. The Hall–Kier alpha value is -1.54. The summed E-state index contributed by atoms with van der Waals surface area (Å²) < 4.78 is 39.7. The first kappa shape index (κ1) is 16.5. The molecule has 0 unspecified atom stereocenters. The summed E-state index contributed by atoms with van der Waals surface area (Å²) in [6.45, 7) is 6.02. The molecule has 0 aliphatic carbocycles. The first-order valence-corrected chi connectivity index (χ1v) is 7.38. The highest BCUT2D eigenvalue weighted by Crippen LogP contribution is 2.32. The van der Waals surface area contributed by atoms with Crippen molar-refractivity contribution < 1.29 is 17.7 Å². The van der Waals surface area contributed by atoms with E-state index in [2.05, 4.69) is 0 Å². The molecule has 0 aliphatic rings. The van der Waals surface area contributed by atoms with Crippen molar-refractivity contribution in [2.75, 3.05) is 7.05 Å². The van der Waals surface area contributed by atoms with Crippen LogP contribution < -0.4 is 0 Å². The van der Waals surface area contributed by atoms with Crippen molar-refractivity contribution in [3.8, 4) is 0 Å². The largest absolute Gasteiger partial charge is 0.309 e. The minimum Gasteiger partial charge on any atom is -0.258 e. The number of rotatable bonds is 4. The molecule has 0 atom stereocenters. The third-order valence-electron chi connectivity index (χ3n) is 3.17. The van der Waals surface area contributed by atoms with Gasteiger partial charge in [-0.25, -0.2) is 8.42 Å². The van der Waals surface area contributed by atoms with Gasteiger partial charge in [0, 0.05) is 13.1 Å². The van der Waals surface area contributed by atoms with Crippen molar-refractivity contribution in [2.45, 2.75) is 38.6 Å². The number of hydrogen-bond donors (Lipinski definition) is 0. The zero-order valence-corrected chi connectivity index (χ0v) is 12.8. The van der Waals surface area contributed by atoms with Crippen LogP contribution in [0.3, 0.4) is 0 Å². The fourth-order valence-corrected chi connectivity index (χ4v) is 3.74. The fourth-order valence-electron chi connectivity index (χ4n) is 1.95. The molecule has 1 aromatic carbocycles. The summed E-state index contributed by atoms with van der Waals surface area (Å²) in [6.07, 6.45) is 0. The van der Waals surface area contributed by atoms with Crippen LogP contribution in [0.5, 0.6) is 0 Å². The Morgan fingerprint density at radius 1 is 1.35 bits per heavy atom. The molecule has 0 saturated carbocycles. The zero-order chi connectivity index (χ0) is 15.8. The minimum absolute atomic E-state index is 0.151. The Kier molecular flexibility index (Phi) is 4.50. The number of sulfonamides is 1. The summed E-state index contributed by atoms with van der Waals surface area (Å²) in [5, 5.41) is 10.9. The maximum Gasteiger partial charge on any atom is 0.309 e. The number of benzene rings is 1. The van der Waals surface area contributed by atoms with Crippen molar-refractivity contribution in [3.63, 3.8) is 0 Å². The molecule has 0 aliphatic heterocycles. The van der Waals surface area contributed by atoms with E-state index in [0.717, 1.165) is 10.4 Å². The highest BCUT2D eigenvalue weighted by atomic mass is 32.2. The maximum absolute atomic E-state index is 13.6. The first-order valence-electron chi connectivity index (χ1n) is 5.94. The molecule has 20 heavy (non-hydrogen) atoms. The van der Waals surface area contributed by atoms with Crippen LogP contribution in [0, 0.1) is 29.8 Å². The molecule has 1 rings (SSSR count). The topological polar surface area (TPSA) is 80.5 Å². The third-order valence-corrected chi connectivity index (χ3v) is 5.49. The molecule has 0 radical (unpaired) electrons. The minimum atomic E-state index is -3.91. The van der Waals surface area contributed by atoms with Gasteiger partial charge in [-0.15, -0.1) is 0 Å². The lowest BCUT2D eigenvalue weighted by Crippen LogP contribution is -2.34. The third kappa shape index (κ3) is 2.66. The van der Waals surface area contributed by atoms with Crippen LogP contribution >= 0.6 is 0 Å². The van der Waals surface area contributed by atoms with Crippen LogP contribution in [-0.2, 0) is 10.0 Å². The van der Waals surface area contributed by atoms with Gasteiger partial charge in [-0.1, -0.05) is 0 Å². The summed E-state index contributed by atoms with van der Waals surface area (Å²) >= 11 is 0. The average molecular weight is 304 g/mol. The highest BCUT2D eigenvalue weighted by molar-refractivity contribution is 7.89. The van der Waals surface area contributed by atoms with E-state index in [-0.39, 0.29) is 22.1 Å². The quantitative estimate of drug-likeness (QED) is 0.632. The van der Waals surface area contributed by atoms with Gasteiger partial charge in [0.25, 0.3) is 0 Å². The van der Waals surface area contributed by atoms with Crippen LogP contribution in [0.25, 0.3) is 0 Å². The monoisotopic (exact) mass is 304 g/mol. The summed E-state index contributed by atoms with van der Waals surface area (Å²) in [5.41, 5.74) is -0.829. The van der Waals surface area contributed by atoms with Crippen molar-refractivity contribution in [3.05, 3.63) is 33.1 Å². The van der Waals surface area contributed by atoms with Crippen molar-refractivity contribution >= 4 is 15.7 Å². The molecule has 0 spiro atoms. The Morgan fingerprint density at radius 2 is 1.85 bits per heavy atom. The normalized spacial score (nSPS) is 12.2. The van der Waals surface area contributed by atoms with E-state index in [1.807, 2.05) is 0 Å². The number of aryl methyl sites for hydroxylation is 1. The standard InChI is InChI=1S/C12H17FN2O4S/c1-7(2)14(5)20(18,19)12-8(3)6-10(13)11(9(12)4)15(16)17/h6-7H,1-5H3. The van der Waals surface area contributed by atoms with E-state index < -0.39 is 26.5 Å². The van der Waals surface area contributed by atoms with Crippen LogP contribution in [0.2, 0.25) is 0 Å². The van der Waals surface area contributed by atoms with Crippen molar-refractivity contribution in [2.24, 2.45) is 0 Å². The van der Waals surface area contributed by atoms with Crippen LogP contribution in [-0.4, -0.2) is 30.7 Å². The van der Waals surface area contributed by atoms with E-state index >= 15 is 0 Å². The molecule has 0 N–H and O–H groups in total. The van der Waals surface area contributed by atoms with Gasteiger partial charge < -0.3 is 0 Å². The Labute approximate surface area is 117 Å². The van der Waals surface area contributed by atoms with E-state index in [1.165, 1.54) is 20.9 Å². The Balaban J connectivity index is 3.71. The molecular weight excluding hydrogens is 287 g/mol. The number of nitro benzene ring substituents is 1. The lowest BCUT2D eigenvalue weighted by molar-refractivity contribution is -0.388. The number of nitrogens with zero attached hydrogens (tertiary/aromatic N) is 2. The van der Waals surface area contributed by atoms with Gasteiger partial charge in [0.15, 0.2) is 0 Å². The van der Waals surface area contributed by atoms with E-state index in [4.69, 9.17) is 0 Å². The fraction of sp³-hybridized carbons (Fsp3) is 0.500. The molecule has 0 heterocycles. The van der Waals surface area contributed by atoms with Gasteiger partial charge in [-0.05, 0) is 39.3 Å². The SMILES string of the molecule is Cc1cc(F)c([N+](=O)[O-])c(C)c1S(=O)(=O)N(C)C(C)C. The van der Waals surface area contributed by atoms with E-state index in [1.54, 1.807) is 13.8 Å². The second kappa shape index (κ2) is 5.45. The molecule has 1 aromatic rings. The predicted octanol–water partition coefficient (Wildman–Crippen LogP) is 2.38. The van der Waals surface area contributed by atoms with Gasteiger partial charge >= 0.3 is 5.69 Å². The van der Waals surface area contributed by atoms with E-state index in [0.29, 0.717) is 0 Å². The summed E-state index contributed by atoms with van der Waals surface area (Å²) in [5.74, 6) is -1.03. The zero-order valence-electron chi connectivity index (χ0n) is 12.0. The summed E-state index contributed by atoms with van der Waals surface area (Å²) in [6, 6.07) is 0.564. The lowest BCUT2D eigenvalue weighted by Gasteiger charge is -2.23. The number of hydrogen-bond acceptors (Lipinski definition) is 4. The smallest absolute Gasteiger partial charge is 0.258 e. The molecule has 0 saturated heterocycles. The highest BCUT2D eigenvalue weighted by Gasteiger charge is 2.32. The van der Waals surface area contributed by atoms with Crippen LogP contribution in [0.1, 0.15) is 25.0 Å². The van der Waals surface area contributed by atoms with Crippen LogP contribution in [0.15, 0.2) is 11.0 Å². The van der Waals surface area contributed by atoms with Crippen LogP contribution in [0.4, 0.5) is 10.1 Å². The maximum atomic E-state index is 13.6. The second-order valence-corrected chi connectivity index (χ2v) is 6.78. The lowest BCUT2D eigenvalue weighted by atomic mass is 10.1. The van der Waals surface area contributed by atoms with Crippen molar-refractivity contribution in [1.29, 1.82) is 0 Å². The first-order chi connectivity index (χ1) is 9.01. The van der Waals surface area contributed by atoms with Gasteiger partial charge in [0.05, 0.1) is 15.4 Å². The Bertz CT molecular complexity index is 656. The van der Waals surface area contributed by atoms with Gasteiger partial charge in [0.1, 0.15) is 0 Å². The van der Waals surface area contributed by atoms with E-state index in [9.17, 15) is 22.9 Å². The molecule has 112 valence electrons. The molecule has 6 nitrogen and oxygen atoms in total. The van der Waals surface area contributed by atoms with Crippen molar-refractivity contribution in [1.82, 2.24) is 4.31 Å². The Morgan fingerprint density at radius 3 is 2.25 bits per heavy atom. The number of nitro groups is 1. The molecule has 0 bridgehead atoms. The number of halogens is 1. The van der Waals surface area contributed by atoms with Gasteiger partial charge in [-0.2, -0.15) is 8.70 Å². The molecule has 0 amide bonds. The molecule has 0 aromatic heterocycles. The second-order valence-electron chi connectivity index (χ2n) is 4.85. The average Bonchev–Trinajstić information content (AvgIpc) is 2.25. The summed E-state index contributed by atoms with van der Waals surface area (Å²) in [4.78, 5) is 9.78.